The summed E-state index contributed by atoms with van der Waals surface area (Å²) in [4.78, 5) is 0. The molecule has 0 aliphatic carbocycles. The zero-order chi connectivity index (χ0) is 13.9. The van der Waals surface area contributed by atoms with Crippen LogP contribution in [0.2, 0.25) is 0 Å². The Balaban J connectivity index is 2.39. The summed E-state index contributed by atoms with van der Waals surface area (Å²) >= 11 is 0. The maximum Gasteiger partial charge on any atom is 0.127 e. The molecule has 0 saturated carbocycles. The summed E-state index contributed by atoms with van der Waals surface area (Å²) in [6, 6.07) is 5.45. The molecule has 1 aromatic carbocycles. The van der Waals surface area contributed by atoms with E-state index in [4.69, 9.17) is 19.9 Å². The Hall–Kier alpha value is -1.26. The molecule has 2 rings (SSSR count). The van der Waals surface area contributed by atoms with Crippen LogP contribution in [0.3, 0.4) is 0 Å². The summed E-state index contributed by atoms with van der Waals surface area (Å²) in [7, 11) is 3.30. The molecule has 0 radical (unpaired) electrons. The summed E-state index contributed by atoms with van der Waals surface area (Å²) in [6.07, 6.45) is 3.20. The zero-order valence-corrected chi connectivity index (χ0v) is 11.9. The molecule has 1 aliphatic rings. The topological polar surface area (TPSA) is 53.7 Å². The van der Waals surface area contributed by atoms with E-state index in [2.05, 4.69) is 6.92 Å². The average Bonchev–Trinajstić information content (AvgIpc) is 2.46. The Labute approximate surface area is 114 Å². The molecule has 1 saturated heterocycles. The minimum Gasteiger partial charge on any atom is -0.496 e. The van der Waals surface area contributed by atoms with Crippen molar-refractivity contribution >= 4 is 0 Å². The molecule has 0 aromatic heterocycles. The van der Waals surface area contributed by atoms with Gasteiger partial charge in [-0.1, -0.05) is 6.07 Å². The highest BCUT2D eigenvalue weighted by Gasteiger charge is 2.38. The van der Waals surface area contributed by atoms with E-state index in [1.54, 1.807) is 14.2 Å². The van der Waals surface area contributed by atoms with E-state index < -0.39 is 0 Å². The van der Waals surface area contributed by atoms with Gasteiger partial charge in [0.25, 0.3) is 0 Å². The molecule has 4 nitrogen and oxygen atoms in total. The molecule has 2 unspecified atom stereocenters. The van der Waals surface area contributed by atoms with Crippen molar-refractivity contribution in [1.29, 1.82) is 0 Å². The number of nitrogens with two attached hydrogens (primary N) is 1. The lowest BCUT2D eigenvalue weighted by Gasteiger charge is -2.39. The van der Waals surface area contributed by atoms with Crippen LogP contribution in [0.1, 0.15) is 37.8 Å². The fourth-order valence-electron chi connectivity index (χ4n) is 2.69. The van der Waals surface area contributed by atoms with Crippen molar-refractivity contribution in [1.82, 2.24) is 0 Å². The summed E-state index contributed by atoms with van der Waals surface area (Å²) in [5.74, 6) is 1.50. The number of methoxy groups -OCH3 is 2. The quantitative estimate of drug-likeness (QED) is 0.909. The Morgan fingerprint density at radius 2 is 1.84 bits per heavy atom. The average molecular weight is 265 g/mol. The van der Waals surface area contributed by atoms with Gasteiger partial charge in [0.2, 0.25) is 0 Å². The van der Waals surface area contributed by atoms with Crippen LogP contribution in [0.25, 0.3) is 0 Å². The third-order valence-electron chi connectivity index (χ3n) is 3.93. The van der Waals surface area contributed by atoms with Crippen LogP contribution in [0.15, 0.2) is 18.2 Å². The van der Waals surface area contributed by atoms with Crippen molar-refractivity contribution in [3.05, 3.63) is 23.8 Å². The monoisotopic (exact) mass is 265 g/mol. The van der Waals surface area contributed by atoms with Gasteiger partial charge in [-0.25, -0.2) is 0 Å². The number of benzene rings is 1. The first kappa shape index (κ1) is 14.2. The summed E-state index contributed by atoms with van der Waals surface area (Å²) < 4.78 is 16.8. The van der Waals surface area contributed by atoms with E-state index >= 15 is 0 Å². The predicted molar refractivity (Wildman–Crippen MR) is 74.7 cm³/mol. The summed E-state index contributed by atoms with van der Waals surface area (Å²) in [5, 5.41) is 0. The minimum absolute atomic E-state index is 0.265. The number of hydrogen-bond acceptors (Lipinski definition) is 4. The van der Waals surface area contributed by atoms with Crippen LogP contribution in [0.5, 0.6) is 11.5 Å². The molecule has 0 spiro atoms. The molecule has 2 N–H and O–H groups in total. The minimum atomic E-state index is -0.361. The number of hydrogen-bond donors (Lipinski definition) is 1. The molecular formula is C15H23NO3. The lowest BCUT2D eigenvalue weighted by Crippen LogP contribution is -2.43. The molecule has 1 heterocycles. The molecule has 4 heteroatoms. The van der Waals surface area contributed by atoms with Crippen molar-refractivity contribution in [3.8, 4) is 11.5 Å². The normalized spacial score (nSPS) is 24.8. The van der Waals surface area contributed by atoms with Crippen molar-refractivity contribution in [3.63, 3.8) is 0 Å². The van der Waals surface area contributed by atoms with Gasteiger partial charge in [0, 0.05) is 6.61 Å². The Morgan fingerprint density at radius 1 is 1.21 bits per heavy atom. The van der Waals surface area contributed by atoms with Crippen LogP contribution in [-0.4, -0.2) is 26.4 Å². The largest absolute Gasteiger partial charge is 0.496 e. The van der Waals surface area contributed by atoms with E-state index in [1.807, 2.05) is 18.2 Å². The molecule has 2 atom stereocenters. The van der Waals surface area contributed by atoms with E-state index in [9.17, 15) is 0 Å². The van der Waals surface area contributed by atoms with Crippen molar-refractivity contribution < 1.29 is 14.2 Å². The van der Waals surface area contributed by atoms with Gasteiger partial charge in [0.05, 0.1) is 31.4 Å². The van der Waals surface area contributed by atoms with Crippen LogP contribution in [-0.2, 0) is 4.74 Å². The molecule has 1 aliphatic heterocycles. The maximum absolute atomic E-state index is 6.47. The van der Waals surface area contributed by atoms with Crippen LogP contribution < -0.4 is 15.2 Å². The predicted octanol–water partition coefficient (Wildman–Crippen LogP) is 2.66. The molecule has 106 valence electrons. The number of ether oxygens (including phenoxy) is 3. The molecule has 1 fully saturated rings. The van der Waals surface area contributed by atoms with Gasteiger partial charge in [-0.2, -0.15) is 0 Å². The Kier molecular flexibility index (Phi) is 4.32. The second-order valence-electron chi connectivity index (χ2n) is 5.17. The van der Waals surface area contributed by atoms with Crippen molar-refractivity contribution in [2.75, 3.05) is 20.8 Å². The SMILES string of the molecule is COc1cccc(OC)c1C(N)C1(C)CCCCO1. The standard InChI is InChI=1S/C15H23NO3/c1-15(9-4-5-10-19-15)14(16)13-11(17-2)7-6-8-12(13)18-3/h6-8,14H,4-5,9-10,16H2,1-3H3. The van der Waals surface area contributed by atoms with Crippen LogP contribution in [0.4, 0.5) is 0 Å². The molecule has 0 bridgehead atoms. The highest BCUT2D eigenvalue weighted by Crippen LogP contribution is 2.42. The third kappa shape index (κ3) is 2.69. The Morgan fingerprint density at radius 3 is 2.32 bits per heavy atom. The zero-order valence-electron chi connectivity index (χ0n) is 11.9. The lowest BCUT2D eigenvalue weighted by atomic mass is 9.84. The Bertz CT molecular complexity index is 405. The second-order valence-corrected chi connectivity index (χ2v) is 5.17. The summed E-state index contributed by atoms with van der Waals surface area (Å²) in [5.41, 5.74) is 7.00. The third-order valence-corrected chi connectivity index (χ3v) is 3.93. The lowest BCUT2D eigenvalue weighted by molar-refractivity contribution is -0.0826. The second kappa shape index (κ2) is 5.80. The highest BCUT2D eigenvalue weighted by atomic mass is 16.5. The van der Waals surface area contributed by atoms with Gasteiger partial charge in [0.15, 0.2) is 0 Å². The number of rotatable bonds is 4. The first-order chi connectivity index (χ1) is 9.12. The van der Waals surface area contributed by atoms with Gasteiger partial charge < -0.3 is 19.9 Å². The van der Waals surface area contributed by atoms with Crippen LogP contribution >= 0.6 is 0 Å². The molecular weight excluding hydrogens is 242 g/mol. The fourth-order valence-corrected chi connectivity index (χ4v) is 2.69. The van der Waals surface area contributed by atoms with Crippen LogP contribution in [0, 0.1) is 0 Å². The first-order valence-electron chi connectivity index (χ1n) is 6.73. The van der Waals surface area contributed by atoms with E-state index in [0.29, 0.717) is 0 Å². The fraction of sp³-hybridized carbons (Fsp3) is 0.600. The van der Waals surface area contributed by atoms with E-state index in [0.717, 1.165) is 42.9 Å². The molecule has 0 amide bonds. The van der Waals surface area contributed by atoms with Crippen molar-refractivity contribution in [2.24, 2.45) is 5.73 Å². The molecule has 19 heavy (non-hydrogen) atoms. The van der Waals surface area contributed by atoms with E-state index in [1.165, 1.54) is 0 Å². The van der Waals surface area contributed by atoms with Gasteiger partial charge >= 0.3 is 0 Å². The highest BCUT2D eigenvalue weighted by molar-refractivity contribution is 5.48. The summed E-state index contributed by atoms with van der Waals surface area (Å²) in [6.45, 7) is 2.84. The van der Waals surface area contributed by atoms with Gasteiger partial charge in [-0.15, -0.1) is 0 Å². The first-order valence-corrected chi connectivity index (χ1v) is 6.73. The van der Waals surface area contributed by atoms with E-state index in [-0.39, 0.29) is 11.6 Å². The van der Waals surface area contributed by atoms with Gasteiger partial charge in [-0.05, 0) is 38.3 Å². The van der Waals surface area contributed by atoms with Gasteiger partial charge in [0.1, 0.15) is 11.5 Å². The molecule has 1 aromatic rings. The maximum atomic E-state index is 6.47. The van der Waals surface area contributed by atoms with Crippen molar-refractivity contribution in [2.45, 2.75) is 37.8 Å². The van der Waals surface area contributed by atoms with Gasteiger partial charge in [-0.3, -0.25) is 0 Å². The smallest absolute Gasteiger partial charge is 0.127 e.